The topological polar surface area (TPSA) is 102 Å². The number of pyridine rings is 1. The van der Waals surface area contributed by atoms with Gasteiger partial charge < -0.3 is 15.4 Å². The van der Waals surface area contributed by atoms with E-state index < -0.39 is 5.97 Å². The first kappa shape index (κ1) is 7.53. The van der Waals surface area contributed by atoms with Crippen molar-refractivity contribution in [3.63, 3.8) is 0 Å². The van der Waals surface area contributed by atoms with Crippen LogP contribution >= 0.6 is 0 Å². The third-order valence-electron chi connectivity index (χ3n) is 1.61. The van der Waals surface area contributed by atoms with E-state index >= 15 is 0 Å². The number of anilines is 1. The fraction of sp³-hybridized carbons (Fsp3) is 0. The zero-order chi connectivity index (χ0) is 9.42. The molecular formula is C7H5N3O3. The SMILES string of the molecule is Nc1onc2ncc(C(=O)O)cc12. The Bertz CT molecular complexity index is 477. The summed E-state index contributed by atoms with van der Waals surface area (Å²) in [6, 6.07) is 1.37. The Balaban J connectivity index is 2.72. The van der Waals surface area contributed by atoms with Crippen LogP contribution in [-0.4, -0.2) is 21.2 Å². The van der Waals surface area contributed by atoms with Gasteiger partial charge in [-0.2, -0.15) is 0 Å². The first-order valence-electron chi connectivity index (χ1n) is 3.42. The lowest BCUT2D eigenvalue weighted by Gasteiger charge is -1.91. The maximum absolute atomic E-state index is 10.5. The number of carboxylic acids is 1. The molecule has 0 amide bonds. The zero-order valence-electron chi connectivity index (χ0n) is 6.39. The molecule has 0 saturated heterocycles. The van der Waals surface area contributed by atoms with Gasteiger partial charge in [0.25, 0.3) is 0 Å². The Morgan fingerprint density at radius 2 is 2.38 bits per heavy atom. The number of nitrogen functional groups attached to an aromatic ring is 1. The van der Waals surface area contributed by atoms with E-state index in [2.05, 4.69) is 14.7 Å². The van der Waals surface area contributed by atoms with Crippen molar-refractivity contribution in [1.82, 2.24) is 10.1 Å². The molecule has 0 aliphatic heterocycles. The van der Waals surface area contributed by atoms with Gasteiger partial charge in [-0.3, -0.25) is 0 Å². The second-order valence-corrected chi connectivity index (χ2v) is 2.45. The van der Waals surface area contributed by atoms with E-state index in [-0.39, 0.29) is 11.4 Å². The fourth-order valence-electron chi connectivity index (χ4n) is 0.970. The van der Waals surface area contributed by atoms with Crippen LogP contribution in [0.15, 0.2) is 16.8 Å². The second kappa shape index (κ2) is 2.44. The maximum Gasteiger partial charge on any atom is 0.337 e. The Hall–Kier alpha value is -2.11. The molecule has 6 heteroatoms. The van der Waals surface area contributed by atoms with E-state index in [9.17, 15) is 4.79 Å². The highest BCUT2D eigenvalue weighted by Gasteiger charge is 2.10. The van der Waals surface area contributed by atoms with E-state index in [1.807, 2.05) is 0 Å². The van der Waals surface area contributed by atoms with Gasteiger partial charge in [0.05, 0.1) is 10.9 Å². The number of nitrogens with two attached hydrogens (primary N) is 1. The van der Waals surface area contributed by atoms with Crippen molar-refractivity contribution in [3.05, 3.63) is 17.8 Å². The number of aromatic carboxylic acids is 1. The first-order chi connectivity index (χ1) is 6.18. The smallest absolute Gasteiger partial charge is 0.337 e. The van der Waals surface area contributed by atoms with E-state index in [0.29, 0.717) is 11.0 Å². The largest absolute Gasteiger partial charge is 0.478 e. The molecule has 2 aromatic heterocycles. The van der Waals surface area contributed by atoms with Gasteiger partial charge in [0.15, 0.2) is 0 Å². The van der Waals surface area contributed by atoms with E-state index in [1.54, 1.807) is 0 Å². The Morgan fingerprint density at radius 3 is 3.08 bits per heavy atom. The Labute approximate surface area is 72.0 Å². The predicted octanol–water partition coefficient (Wildman–Crippen LogP) is 0.503. The highest BCUT2D eigenvalue weighted by molar-refractivity contribution is 5.94. The molecule has 13 heavy (non-hydrogen) atoms. The molecule has 0 aliphatic carbocycles. The number of hydrogen-bond acceptors (Lipinski definition) is 5. The van der Waals surface area contributed by atoms with Gasteiger partial charge in [0, 0.05) is 6.20 Å². The lowest BCUT2D eigenvalue weighted by molar-refractivity contribution is 0.0696. The molecule has 0 atom stereocenters. The Kier molecular flexibility index (Phi) is 1.42. The van der Waals surface area contributed by atoms with Crippen molar-refractivity contribution < 1.29 is 14.4 Å². The van der Waals surface area contributed by atoms with Crippen molar-refractivity contribution in [2.45, 2.75) is 0 Å². The van der Waals surface area contributed by atoms with Gasteiger partial charge in [-0.05, 0) is 6.07 Å². The monoisotopic (exact) mass is 179 g/mol. The first-order valence-corrected chi connectivity index (χ1v) is 3.42. The van der Waals surface area contributed by atoms with Crippen LogP contribution in [-0.2, 0) is 0 Å². The second-order valence-electron chi connectivity index (χ2n) is 2.45. The van der Waals surface area contributed by atoms with Gasteiger partial charge in [-0.1, -0.05) is 5.16 Å². The molecular weight excluding hydrogens is 174 g/mol. The van der Waals surface area contributed by atoms with Crippen LogP contribution in [0.25, 0.3) is 11.0 Å². The minimum absolute atomic E-state index is 0.0578. The molecule has 2 rings (SSSR count). The standard InChI is InChI=1S/C7H5N3O3/c8-5-4-1-3(7(11)12)2-9-6(4)10-13-5/h1-2H,8H2,(H,11,12). The molecule has 2 aromatic rings. The molecule has 6 nitrogen and oxygen atoms in total. The molecule has 0 aliphatic rings. The highest BCUT2D eigenvalue weighted by atomic mass is 16.5. The van der Waals surface area contributed by atoms with Crippen molar-refractivity contribution in [3.8, 4) is 0 Å². The highest BCUT2D eigenvalue weighted by Crippen LogP contribution is 2.18. The minimum atomic E-state index is -1.06. The molecule has 2 heterocycles. The molecule has 0 saturated carbocycles. The summed E-state index contributed by atoms with van der Waals surface area (Å²) < 4.78 is 4.62. The average molecular weight is 179 g/mol. The maximum atomic E-state index is 10.5. The average Bonchev–Trinajstić information content (AvgIpc) is 2.47. The van der Waals surface area contributed by atoms with Crippen LogP contribution < -0.4 is 5.73 Å². The molecule has 0 fully saturated rings. The summed E-state index contributed by atoms with van der Waals surface area (Å²) in [5.74, 6) is -0.986. The third-order valence-corrected chi connectivity index (χ3v) is 1.61. The summed E-state index contributed by atoms with van der Waals surface area (Å²) in [6.07, 6.45) is 1.20. The molecule has 3 N–H and O–H groups in total. The number of carboxylic acid groups (broad SMARTS) is 1. The van der Waals surface area contributed by atoms with Crippen molar-refractivity contribution in [2.75, 3.05) is 5.73 Å². The minimum Gasteiger partial charge on any atom is -0.478 e. The fourth-order valence-corrected chi connectivity index (χ4v) is 0.970. The van der Waals surface area contributed by atoms with Gasteiger partial charge in [0.2, 0.25) is 11.5 Å². The van der Waals surface area contributed by atoms with Crippen LogP contribution in [0.3, 0.4) is 0 Å². The van der Waals surface area contributed by atoms with Crippen molar-refractivity contribution >= 4 is 22.9 Å². The van der Waals surface area contributed by atoms with Gasteiger partial charge >= 0.3 is 5.97 Å². The number of carbonyl (C=O) groups is 1. The summed E-state index contributed by atoms with van der Waals surface area (Å²) in [7, 11) is 0. The van der Waals surface area contributed by atoms with Crippen LogP contribution in [0.5, 0.6) is 0 Å². The Morgan fingerprint density at radius 1 is 1.62 bits per heavy atom. The normalized spacial score (nSPS) is 10.5. The molecule has 0 unspecified atom stereocenters. The summed E-state index contributed by atoms with van der Waals surface area (Å²) in [4.78, 5) is 14.3. The van der Waals surface area contributed by atoms with Crippen LogP contribution in [0.1, 0.15) is 10.4 Å². The predicted molar refractivity (Wildman–Crippen MR) is 43.2 cm³/mol. The lowest BCUT2D eigenvalue weighted by atomic mass is 10.2. The quantitative estimate of drug-likeness (QED) is 0.660. The summed E-state index contributed by atoms with van der Waals surface area (Å²) >= 11 is 0. The van der Waals surface area contributed by atoms with E-state index in [1.165, 1.54) is 12.3 Å². The van der Waals surface area contributed by atoms with Crippen LogP contribution in [0.4, 0.5) is 5.88 Å². The number of aromatic nitrogens is 2. The molecule has 0 radical (unpaired) electrons. The van der Waals surface area contributed by atoms with Gasteiger partial charge in [-0.15, -0.1) is 0 Å². The lowest BCUT2D eigenvalue weighted by Crippen LogP contribution is -1.96. The van der Waals surface area contributed by atoms with Gasteiger partial charge in [0.1, 0.15) is 0 Å². The van der Waals surface area contributed by atoms with Gasteiger partial charge in [-0.25, -0.2) is 9.78 Å². The van der Waals surface area contributed by atoms with Crippen LogP contribution in [0.2, 0.25) is 0 Å². The summed E-state index contributed by atoms with van der Waals surface area (Å²) in [5.41, 5.74) is 5.75. The molecule has 66 valence electrons. The molecule has 0 aromatic carbocycles. The number of fused-ring (bicyclic) bond motifs is 1. The number of hydrogen-bond donors (Lipinski definition) is 2. The zero-order valence-corrected chi connectivity index (χ0v) is 6.39. The van der Waals surface area contributed by atoms with Crippen molar-refractivity contribution in [2.24, 2.45) is 0 Å². The van der Waals surface area contributed by atoms with E-state index in [0.717, 1.165) is 0 Å². The molecule has 0 bridgehead atoms. The summed E-state index contributed by atoms with van der Waals surface area (Å²) in [5, 5.41) is 12.6. The number of nitrogens with zero attached hydrogens (tertiary/aromatic N) is 2. The molecule has 0 spiro atoms. The van der Waals surface area contributed by atoms with Crippen molar-refractivity contribution in [1.29, 1.82) is 0 Å². The van der Waals surface area contributed by atoms with E-state index in [4.69, 9.17) is 10.8 Å². The summed E-state index contributed by atoms with van der Waals surface area (Å²) in [6.45, 7) is 0. The van der Waals surface area contributed by atoms with Crippen LogP contribution in [0, 0.1) is 0 Å². The number of rotatable bonds is 1. The third kappa shape index (κ3) is 1.08.